The molecule has 0 bridgehead atoms. The van der Waals surface area contributed by atoms with E-state index in [1.54, 1.807) is 32.1 Å². The molecule has 0 spiro atoms. The van der Waals surface area contributed by atoms with Crippen LogP contribution in [0.3, 0.4) is 0 Å². The number of rotatable bonds is 12. The van der Waals surface area contributed by atoms with Crippen molar-refractivity contribution >= 4 is 51.1 Å². The number of carbonyl (C=O) groups excluding carboxylic acids is 2. The number of ether oxygens (including phenoxy) is 2. The first-order valence-corrected chi connectivity index (χ1v) is 17.5. The van der Waals surface area contributed by atoms with E-state index in [4.69, 9.17) is 19.4 Å². The topological polar surface area (TPSA) is 112 Å². The second kappa shape index (κ2) is 14.8. The molecule has 0 aromatic carbocycles. The largest absolute Gasteiger partial charge is 0.451 e. The summed E-state index contributed by atoms with van der Waals surface area (Å²) in [7, 11) is 0. The molecule has 2 unspecified atom stereocenters. The summed E-state index contributed by atoms with van der Waals surface area (Å²) in [6.45, 7) is 9.61. The molecule has 0 saturated carbocycles. The zero-order valence-electron chi connectivity index (χ0n) is 27.7. The Morgan fingerprint density at radius 2 is 1.85 bits per heavy atom. The molecule has 11 nitrogen and oxygen atoms in total. The minimum atomic E-state index is -4.50. The normalized spacial score (nSPS) is 20.2. The number of piperidine rings is 1. The van der Waals surface area contributed by atoms with Gasteiger partial charge in [-0.2, -0.15) is 23.3 Å². The average Bonchev–Trinajstić information content (AvgIpc) is 3.64. The van der Waals surface area contributed by atoms with E-state index in [2.05, 4.69) is 33.3 Å². The number of piperazine rings is 1. The van der Waals surface area contributed by atoms with Crippen molar-refractivity contribution in [3.63, 3.8) is 0 Å². The van der Waals surface area contributed by atoms with Crippen molar-refractivity contribution in [2.45, 2.75) is 97.8 Å². The molecular weight excluding hydrogens is 635 g/mol. The second-order valence-corrected chi connectivity index (χ2v) is 14.7. The van der Waals surface area contributed by atoms with Gasteiger partial charge >= 0.3 is 18.1 Å². The molecular formula is C32H46F3N7O4S. The summed E-state index contributed by atoms with van der Waals surface area (Å²) < 4.78 is 50.5. The zero-order valence-corrected chi connectivity index (χ0v) is 28.5. The summed E-state index contributed by atoms with van der Waals surface area (Å²) in [5.41, 5.74) is 2.04. The molecule has 15 heteroatoms. The molecule has 260 valence electrons. The van der Waals surface area contributed by atoms with Crippen LogP contribution < -0.4 is 15.2 Å². The van der Waals surface area contributed by atoms with Crippen molar-refractivity contribution in [1.29, 1.82) is 0 Å². The van der Waals surface area contributed by atoms with Gasteiger partial charge < -0.3 is 24.2 Å². The maximum Gasteiger partial charge on any atom is 0.451 e. The van der Waals surface area contributed by atoms with Crippen LogP contribution in [0, 0.1) is 11.3 Å². The number of thiophene rings is 1. The highest BCUT2D eigenvalue weighted by molar-refractivity contribution is 7.18. The summed E-state index contributed by atoms with van der Waals surface area (Å²) >= 11 is 1.67. The SMILES string of the molecule is CCCc1cc2c(N3CCN4C(C(F)(F)F)=NNC4C3)nc(N3CCCC(CCCCCC(=O)OCOC(=O)C(C)(C)C)C3)nc2s1. The number of fused-ring (bicyclic) bond motifs is 2. The first-order valence-electron chi connectivity index (χ1n) is 16.6. The Bertz CT molecular complexity index is 1440. The van der Waals surface area contributed by atoms with Crippen molar-refractivity contribution in [3.05, 3.63) is 10.9 Å². The van der Waals surface area contributed by atoms with Crippen LogP contribution in [0.15, 0.2) is 11.2 Å². The minimum absolute atomic E-state index is 0.191. The first-order chi connectivity index (χ1) is 22.3. The van der Waals surface area contributed by atoms with Crippen molar-refractivity contribution in [3.8, 4) is 0 Å². The Balaban J connectivity index is 1.16. The van der Waals surface area contributed by atoms with Crippen LogP contribution in [0.2, 0.25) is 0 Å². The number of carbonyl (C=O) groups is 2. The van der Waals surface area contributed by atoms with Crippen LogP contribution in [0.1, 0.15) is 83.9 Å². The van der Waals surface area contributed by atoms with Crippen LogP contribution >= 0.6 is 11.3 Å². The molecule has 2 aromatic heterocycles. The Morgan fingerprint density at radius 3 is 2.60 bits per heavy atom. The molecule has 0 amide bonds. The van der Waals surface area contributed by atoms with Gasteiger partial charge in [0.1, 0.15) is 16.8 Å². The fourth-order valence-electron chi connectivity index (χ4n) is 6.26. The molecule has 2 atom stereocenters. The van der Waals surface area contributed by atoms with Gasteiger partial charge in [0, 0.05) is 37.5 Å². The molecule has 0 aliphatic carbocycles. The van der Waals surface area contributed by atoms with Crippen molar-refractivity contribution < 1.29 is 32.2 Å². The number of amidine groups is 1. The average molecular weight is 682 g/mol. The molecule has 5 rings (SSSR count). The number of aryl methyl sites for hydroxylation is 1. The smallest absolute Gasteiger partial charge is 0.428 e. The Morgan fingerprint density at radius 1 is 1.04 bits per heavy atom. The van der Waals surface area contributed by atoms with Crippen molar-refractivity contribution in [2.24, 2.45) is 16.4 Å². The summed E-state index contributed by atoms with van der Waals surface area (Å²) in [5.74, 6) is 0.270. The number of hydrazone groups is 1. The van der Waals surface area contributed by atoms with Gasteiger partial charge in [-0.15, -0.1) is 11.3 Å². The summed E-state index contributed by atoms with van der Waals surface area (Å²) in [6.07, 6.45) is 2.92. The third-order valence-electron chi connectivity index (χ3n) is 8.75. The van der Waals surface area contributed by atoms with Gasteiger partial charge in [-0.1, -0.05) is 26.2 Å². The van der Waals surface area contributed by atoms with Crippen LogP contribution in [-0.2, 0) is 25.5 Å². The zero-order chi connectivity index (χ0) is 33.8. The van der Waals surface area contributed by atoms with Gasteiger partial charge in [0.15, 0.2) is 0 Å². The Labute approximate surface area is 277 Å². The van der Waals surface area contributed by atoms with E-state index >= 15 is 0 Å². The molecule has 47 heavy (non-hydrogen) atoms. The number of nitrogens with one attached hydrogen (secondary N) is 1. The summed E-state index contributed by atoms with van der Waals surface area (Å²) in [4.78, 5) is 41.7. The number of unbranched alkanes of at least 4 members (excludes halogenated alkanes) is 2. The van der Waals surface area contributed by atoms with E-state index in [0.717, 1.165) is 74.1 Å². The van der Waals surface area contributed by atoms with E-state index in [1.807, 2.05) is 0 Å². The number of halogens is 3. The molecule has 3 aliphatic heterocycles. The molecule has 2 aromatic rings. The predicted octanol–water partition coefficient (Wildman–Crippen LogP) is 5.83. The molecule has 2 saturated heterocycles. The fraction of sp³-hybridized carbons (Fsp3) is 0.719. The lowest BCUT2D eigenvalue weighted by Gasteiger charge is -2.39. The molecule has 5 heterocycles. The molecule has 0 radical (unpaired) electrons. The van der Waals surface area contributed by atoms with Gasteiger partial charge in [0.2, 0.25) is 18.6 Å². The number of aromatic nitrogens is 2. The molecule has 1 N–H and O–H groups in total. The predicted molar refractivity (Wildman–Crippen MR) is 175 cm³/mol. The van der Waals surface area contributed by atoms with E-state index in [0.29, 0.717) is 31.4 Å². The molecule has 2 fully saturated rings. The lowest BCUT2D eigenvalue weighted by Crippen LogP contribution is -2.58. The van der Waals surface area contributed by atoms with E-state index in [9.17, 15) is 22.8 Å². The standard InChI is InChI=1S/C32H46F3N7O4S/c1-5-10-22-17-23-26(40-15-16-42-24(19-40)38-39-28(42)32(33,34)35)36-30(37-27(23)47-22)41-14-9-12-21(18-41)11-7-6-8-13-25(43)45-20-46-29(44)31(2,3)4/h17,21,24,38H,5-16,18-20H2,1-4H3. The van der Waals surface area contributed by atoms with Crippen LogP contribution in [-0.4, -0.2) is 84.5 Å². The number of nitrogens with zero attached hydrogens (tertiary/aromatic N) is 6. The Hall–Kier alpha value is -3.36. The number of hydrogen-bond donors (Lipinski definition) is 1. The maximum atomic E-state index is 13.5. The quantitative estimate of drug-likeness (QED) is 0.167. The number of alkyl halides is 3. The van der Waals surface area contributed by atoms with Gasteiger partial charge in [-0.25, -0.2) is 4.98 Å². The fourth-order valence-corrected chi connectivity index (χ4v) is 7.38. The number of hydrogen-bond acceptors (Lipinski definition) is 12. The van der Waals surface area contributed by atoms with Gasteiger partial charge in [-0.3, -0.25) is 15.0 Å². The van der Waals surface area contributed by atoms with Crippen LogP contribution in [0.4, 0.5) is 24.9 Å². The third kappa shape index (κ3) is 8.76. The van der Waals surface area contributed by atoms with Crippen molar-refractivity contribution in [2.75, 3.05) is 49.3 Å². The maximum absolute atomic E-state index is 13.5. The van der Waals surface area contributed by atoms with Gasteiger partial charge in [0.25, 0.3) is 0 Å². The van der Waals surface area contributed by atoms with Gasteiger partial charge in [-0.05, 0) is 64.9 Å². The number of esters is 2. The third-order valence-corrected chi connectivity index (χ3v) is 9.84. The second-order valence-electron chi connectivity index (χ2n) is 13.6. The Kier molecular flexibility index (Phi) is 11.0. The monoisotopic (exact) mass is 681 g/mol. The first kappa shape index (κ1) is 35.0. The highest BCUT2D eigenvalue weighted by Crippen LogP contribution is 2.36. The minimum Gasteiger partial charge on any atom is -0.428 e. The lowest BCUT2D eigenvalue weighted by atomic mass is 9.92. The van der Waals surface area contributed by atoms with Gasteiger partial charge in [0.05, 0.1) is 17.3 Å². The van der Waals surface area contributed by atoms with Crippen molar-refractivity contribution in [1.82, 2.24) is 20.3 Å². The van der Waals surface area contributed by atoms with E-state index < -0.39 is 29.6 Å². The molecule has 3 aliphatic rings. The highest BCUT2D eigenvalue weighted by atomic mass is 32.1. The van der Waals surface area contributed by atoms with Crippen LogP contribution in [0.25, 0.3) is 10.2 Å². The number of anilines is 2. The van der Waals surface area contributed by atoms with Crippen LogP contribution in [0.5, 0.6) is 0 Å². The summed E-state index contributed by atoms with van der Waals surface area (Å²) in [5, 5.41) is 4.55. The van der Waals surface area contributed by atoms with E-state index in [1.165, 1.54) is 9.78 Å². The summed E-state index contributed by atoms with van der Waals surface area (Å²) in [6, 6.07) is 2.14. The highest BCUT2D eigenvalue weighted by Gasteiger charge is 2.47. The lowest BCUT2D eigenvalue weighted by molar-refractivity contribution is -0.173. The van der Waals surface area contributed by atoms with E-state index in [-0.39, 0.29) is 25.7 Å².